The highest BCUT2D eigenvalue weighted by Crippen LogP contribution is 2.33. The van der Waals surface area contributed by atoms with Crippen LogP contribution in [0, 0.1) is 11.8 Å². The highest BCUT2D eigenvalue weighted by atomic mass is 35.5. The van der Waals surface area contributed by atoms with Gasteiger partial charge in [0, 0.05) is 32.2 Å². The SMILES string of the molecule is O=C(O)N1CCC(C2CCN(c3cc(Cl)ncn3)CC2)CC1. The average Bonchev–Trinajstić information content (AvgIpc) is 2.55. The molecule has 1 amide bonds. The third kappa shape index (κ3) is 3.43. The molecule has 6 nitrogen and oxygen atoms in total. The van der Waals surface area contributed by atoms with Crippen molar-refractivity contribution in [1.29, 1.82) is 0 Å². The van der Waals surface area contributed by atoms with Crippen molar-refractivity contribution in [2.75, 3.05) is 31.1 Å². The Morgan fingerprint density at radius 2 is 1.68 bits per heavy atom. The van der Waals surface area contributed by atoms with E-state index in [1.54, 1.807) is 0 Å². The molecule has 0 radical (unpaired) electrons. The second kappa shape index (κ2) is 6.69. The number of anilines is 1. The lowest BCUT2D eigenvalue weighted by Gasteiger charge is -2.39. The molecule has 0 atom stereocenters. The van der Waals surface area contributed by atoms with Crippen LogP contribution in [0.2, 0.25) is 5.15 Å². The Bertz CT molecular complexity index is 526. The molecule has 22 heavy (non-hydrogen) atoms. The molecule has 7 heteroatoms. The summed E-state index contributed by atoms with van der Waals surface area (Å²) in [5.74, 6) is 2.26. The third-order valence-corrected chi connectivity index (χ3v) is 5.17. The summed E-state index contributed by atoms with van der Waals surface area (Å²) in [5, 5.41) is 9.49. The fourth-order valence-corrected chi connectivity index (χ4v) is 3.80. The molecule has 2 saturated heterocycles. The van der Waals surface area contributed by atoms with Crippen molar-refractivity contribution < 1.29 is 9.90 Å². The maximum absolute atomic E-state index is 11.0. The number of likely N-dealkylation sites (tertiary alicyclic amines) is 1. The van der Waals surface area contributed by atoms with Gasteiger partial charge in [-0.2, -0.15) is 0 Å². The van der Waals surface area contributed by atoms with E-state index in [9.17, 15) is 4.79 Å². The minimum atomic E-state index is -0.783. The first-order chi connectivity index (χ1) is 10.6. The maximum Gasteiger partial charge on any atom is 0.407 e. The standard InChI is InChI=1S/C15H21ClN4O2/c16-13-9-14(18-10-17-13)19-5-1-11(2-6-19)12-3-7-20(8-4-12)15(21)22/h9-12H,1-8H2,(H,21,22). The molecular formula is C15H21ClN4O2. The molecule has 0 unspecified atom stereocenters. The zero-order chi connectivity index (χ0) is 15.5. The van der Waals surface area contributed by atoms with E-state index in [1.807, 2.05) is 6.07 Å². The van der Waals surface area contributed by atoms with Gasteiger partial charge in [0.25, 0.3) is 0 Å². The zero-order valence-corrected chi connectivity index (χ0v) is 13.2. The van der Waals surface area contributed by atoms with Crippen LogP contribution in [0.4, 0.5) is 10.6 Å². The van der Waals surface area contributed by atoms with Gasteiger partial charge in [-0.15, -0.1) is 0 Å². The summed E-state index contributed by atoms with van der Waals surface area (Å²) >= 11 is 5.92. The van der Waals surface area contributed by atoms with E-state index in [0.717, 1.165) is 44.6 Å². The second-order valence-electron chi connectivity index (χ2n) is 6.13. The van der Waals surface area contributed by atoms with Crippen LogP contribution < -0.4 is 4.90 Å². The van der Waals surface area contributed by atoms with Crippen molar-refractivity contribution in [3.8, 4) is 0 Å². The molecule has 1 aromatic heterocycles. The van der Waals surface area contributed by atoms with Crippen LogP contribution >= 0.6 is 11.6 Å². The Balaban J connectivity index is 1.51. The predicted molar refractivity (Wildman–Crippen MR) is 84.3 cm³/mol. The largest absolute Gasteiger partial charge is 0.465 e. The van der Waals surface area contributed by atoms with E-state index in [-0.39, 0.29) is 0 Å². The Morgan fingerprint density at radius 1 is 1.09 bits per heavy atom. The van der Waals surface area contributed by atoms with Crippen molar-refractivity contribution in [2.24, 2.45) is 11.8 Å². The van der Waals surface area contributed by atoms with E-state index in [4.69, 9.17) is 16.7 Å². The van der Waals surface area contributed by atoms with Crippen molar-refractivity contribution in [2.45, 2.75) is 25.7 Å². The number of rotatable bonds is 2. The van der Waals surface area contributed by atoms with Gasteiger partial charge in [0.05, 0.1) is 0 Å². The Labute approximate surface area is 135 Å². The molecule has 0 spiro atoms. The summed E-state index contributed by atoms with van der Waals surface area (Å²) in [5.41, 5.74) is 0. The number of nitrogens with zero attached hydrogens (tertiary/aromatic N) is 4. The molecule has 2 fully saturated rings. The molecule has 2 aliphatic heterocycles. The van der Waals surface area contributed by atoms with Crippen LogP contribution in [0.1, 0.15) is 25.7 Å². The van der Waals surface area contributed by atoms with Crippen LogP contribution in [-0.4, -0.2) is 52.2 Å². The Morgan fingerprint density at radius 3 is 2.23 bits per heavy atom. The molecule has 0 aliphatic carbocycles. The molecule has 0 aromatic carbocycles. The number of halogens is 1. The fourth-order valence-electron chi connectivity index (χ4n) is 3.66. The van der Waals surface area contributed by atoms with Crippen LogP contribution in [0.5, 0.6) is 0 Å². The van der Waals surface area contributed by atoms with E-state index in [0.29, 0.717) is 30.1 Å². The smallest absolute Gasteiger partial charge is 0.407 e. The molecule has 3 heterocycles. The number of carboxylic acid groups (broad SMARTS) is 1. The highest BCUT2D eigenvalue weighted by molar-refractivity contribution is 6.29. The average molecular weight is 325 g/mol. The van der Waals surface area contributed by atoms with Crippen molar-refractivity contribution >= 4 is 23.5 Å². The molecule has 2 aliphatic rings. The molecule has 0 bridgehead atoms. The molecule has 0 saturated carbocycles. The van der Waals surface area contributed by atoms with Crippen molar-refractivity contribution in [1.82, 2.24) is 14.9 Å². The highest BCUT2D eigenvalue weighted by Gasteiger charge is 2.31. The molecular weight excluding hydrogens is 304 g/mol. The quantitative estimate of drug-likeness (QED) is 0.847. The van der Waals surface area contributed by atoms with Gasteiger partial charge in [-0.25, -0.2) is 14.8 Å². The minimum absolute atomic E-state index is 0.480. The number of carbonyl (C=O) groups is 1. The first kappa shape index (κ1) is 15.3. The van der Waals surface area contributed by atoms with E-state index in [2.05, 4.69) is 14.9 Å². The van der Waals surface area contributed by atoms with Crippen molar-refractivity contribution in [3.05, 3.63) is 17.5 Å². The van der Waals surface area contributed by atoms with Gasteiger partial charge in [-0.05, 0) is 37.5 Å². The van der Waals surface area contributed by atoms with Gasteiger partial charge in [-0.1, -0.05) is 11.6 Å². The number of hydrogen-bond acceptors (Lipinski definition) is 4. The van der Waals surface area contributed by atoms with Gasteiger partial charge < -0.3 is 14.9 Å². The van der Waals surface area contributed by atoms with Crippen molar-refractivity contribution in [3.63, 3.8) is 0 Å². The minimum Gasteiger partial charge on any atom is -0.465 e. The summed E-state index contributed by atoms with van der Waals surface area (Å²) in [6, 6.07) is 1.81. The maximum atomic E-state index is 11.0. The van der Waals surface area contributed by atoms with Gasteiger partial charge in [0.2, 0.25) is 0 Å². The molecule has 1 N–H and O–H groups in total. The Hall–Kier alpha value is -1.56. The normalized spacial score (nSPS) is 21.1. The van der Waals surface area contributed by atoms with Crippen LogP contribution in [0.3, 0.4) is 0 Å². The zero-order valence-electron chi connectivity index (χ0n) is 12.5. The number of piperidine rings is 2. The van der Waals surface area contributed by atoms with E-state index < -0.39 is 6.09 Å². The number of hydrogen-bond donors (Lipinski definition) is 1. The summed E-state index contributed by atoms with van der Waals surface area (Å²) in [4.78, 5) is 23.0. The summed E-state index contributed by atoms with van der Waals surface area (Å²) in [7, 11) is 0. The van der Waals surface area contributed by atoms with Crippen LogP contribution in [0.25, 0.3) is 0 Å². The van der Waals surface area contributed by atoms with Gasteiger partial charge in [0.15, 0.2) is 0 Å². The first-order valence-electron chi connectivity index (χ1n) is 7.84. The summed E-state index contributed by atoms with van der Waals surface area (Å²) in [6.45, 7) is 3.33. The molecule has 120 valence electrons. The van der Waals surface area contributed by atoms with E-state index >= 15 is 0 Å². The lowest BCUT2D eigenvalue weighted by molar-refractivity contribution is 0.107. The van der Waals surface area contributed by atoms with Gasteiger partial charge in [0.1, 0.15) is 17.3 Å². The van der Waals surface area contributed by atoms with E-state index in [1.165, 1.54) is 11.2 Å². The second-order valence-corrected chi connectivity index (χ2v) is 6.52. The third-order valence-electron chi connectivity index (χ3n) is 4.96. The fraction of sp³-hybridized carbons (Fsp3) is 0.667. The lowest BCUT2D eigenvalue weighted by atomic mass is 9.79. The molecule has 1 aromatic rings. The monoisotopic (exact) mass is 324 g/mol. The molecule has 3 rings (SSSR count). The topological polar surface area (TPSA) is 69.6 Å². The summed E-state index contributed by atoms with van der Waals surface area (Å²) < 4.78 is 0. The van der Waals surface area contributed by atoms with Crippen LogP contribution in [0.15, 0.2) is 12.4 Å². The Kier molecular flexibility index (Phi) is 4.66. The predicted octanol–water partition coefficient (Wildman–Crippen LogP) is 2.74. The van der Waals surface area contributed by atoms with Gasteiger partial charge >= 0.3 is 6.09 Å². The first-order valence-corrected chi connectivity index (χ1v) is 8.21. The lowest BCUT2D eigenvalue weighted by Crippen LogP contribution is -2.42. The number of aromatic nitrogens is 2. The van der Waals surface area contributed by atoms with Crippen LogP contribution in [-0.2, 0) is 0 Å². The summed E-state index contributed by atoms with van der Waals surface area (Å²) in [6.07, 6.45) is 4.99. The number of amides is 1. The van der Waals surface area contributed by atoms with Gasteiger partial charge in [-0.3, -0.25) is 0 Å².